The first-order chi connectivity index (χ1) is 10.4. The van der Waals surface area contributed by atoms with Gasteiger partial charge in [0.15, 0.2) is 0 Å². The molecule has 0 heterocycles. The lowest BCUT2D eigenvalue weighted by atomic mass is 10.2. The highest BCUT2D eigenvalue weighted by Gasteiger charge is 2.34. The highest BCUT2D eigenvalue weighted by molar-refractivity contribution is 5.93. The quantitative estimate of drug-likeness (QED) is 0.388. The number of hydroxylamine groups is 2. The molecule has 0 saturated carbocycles. The molecule has 0 spiro atoms. The van der Waals surface area contributed by atoms with Crippen LogP contribution in [0.4, 0.5) is 17.6 Å². The van der Waals surface area contributed by atoms with Crippen LogP contribution in [0.1, 0.15) is 36.0 Å². The normalized spacial score (nSPS) is 11.5. The molecule has 0 aromatic heterocycles. The number of benzene rings is 1. The van der Waals surface area contributed by atoms with Crippen molar-refractivity contribution in [1.29, 1.82) is 0 Å². The molecular formula is C15H19F4NO2. The maximum atomic E-state index is 12.5. The summed E-state index contributed by atoms with van der Waals surface area (Å²) in [6, 6.07) is 7.65. The van der Waals surface area contributed by atoms with Crippen molar-refractivity contribution in [1.82, 2.24) is 5.06 Å². The predicted octanol–water partition coefficient (Wildman–Crippen LogP) is 4.15. The minimum absolute atomic E-state index is 0.0130. The zero-order valence-electron chi connectivity index (χ0n) is 12.1. The first-order valence-corrected chi connectivity index (χ1v) is 7.06. The van der Waals surface area contributed by atoms with Crippen molar-refractivity contribution >= 4 is 5.91 Å². The minimum atomic E-state index is -4.54. The molecule has 0 saturated heterocycles. The Morgan fingerprint density at radius 2 is 1.68 bits per heavy atom. The van der Waals surface area contributed by atoms with Crippen LogP contribution in [0.5, 0.6) is 0 Å². The predicted molar refractivity (Wildman–Crippen MR) is 73.9 cm³/mol. The Kier molecular flexibility index (Phi) is 7.87. The average Bonchev–Trinajstić information content (AvgIpc) is 2.48. The van der Waals surface area contributed by atoms with Gasteiger partial charge in [0.05, 0.1) is 13.3 Å². The minimum Gasteiger partial charge on any atom is -0.270 e. The maximum absolute atomic E-state index is 12.5. The molecule has 0 aliphatic carbocycles. The third-order valence-corrected chi connectivity index (χ3v) is 2.85. The van der Waals surface area contributed by atoms with E-state index in [1.54, 1.807) is 18.2 Å². The molecular weight excluding hydrogens is 302 g/mol. The number of nitrogens with zero attached hydrogens (tertiary/aromatic N) is 1. The molecule has 0 radical (unpaired) electrons. The van der Waals surface area contributed by atoms with E-state index in [-0.39, 0.29) is 12.2 Å². The van der Waals surface area contributed by atoms with E-state index in [1.807, 2.05) is 0 Å². The smallest absolute Gasteiger partial charge is 0.270 e. The fraction of sp³-hybridized carbons (Fsp3) is 0.533. The van der Waals surface area contributed by atoms with Crippen LogP contribution in [0.3, 0.4) is 0 Å². The standard InChI is InChI=1S/C15H19F4NO2/c16-10-6-1-2-7-11-22-20(12-15(17,18)19)14(21)13-8-4-3-5-9-13/h3-5,8-9H,1-2,6-7,10-12H2. The van der Waals surface area contributed by atoms with Gasteiger partial charge in [-0.1, -0.05) is 31.0 Å². The zero-order chi connectivity index (χ0) is 16.4. The molecule has 0 aliphatic heterocycles. The second-order valence-corrected chi connectivity index (χ2v) is 4.76. The molecule has 0 fully saturated rings. The first kappa shape index (κ1) is 18.4. The van der Waals surface area contributed by atoms with Crippen LogP contribution >= 0.6 is 0 Å². The van der Waals surface area contributed by atoms with Crippen molar-refractivity contribution in [2.75, 3.05) is 19.8 Å². The number of hydrogen-bond acceptors (Lipinski definition) is 2. The van der Waals surface area contributed by atoms with Gasteiger partial charge in [-0.2, -0.15) is 13.2 Å². The van der Waals surface area contributed by atoms with Gasteiger partial charge in [-0.05, 0) is 25.0 Å². The monoisotopic (exact) mass is 321 g/mol. The largest absolute Gasteiger partial charge is 0.408 e. The van der Waals surface area contributed by atoms with E-state index in [4.69, 9.17) is 4.84 Å². The molecule has 0 unspecified atom stereocenters. The lowest BCUT2D eigenvalue weighted by molar-refractivity contribution is -0.211. The number of amides is 1. The van der Waals surface area contributed by atoms with Crippen molar-refractivity contribution in [3.05, 3.63) is 35.9 Å². The van der Waals surface area contributed by atoms with E-state index < -0.39 is 25.3 Å². The molecule has 1 amide bonds. The Morgan fingerprint density at radius 1 is 1.05 bits per heavy atom. The van der Waals surface area contributed by atoms with E-state index in [1.165, 1.54) is 12.1 Å². The lowest BCUT2D eigenvalue weighted by Crippen LogP contribution is -2.39. The van der Waals surface area contributed by atoms with E-state index in [2.05, 4.69) is 0 Å². The zero-order valence-corrected chi connectivity index (χ0v) is 12.1. The van der Waals surface area contributed by atoms with Gasteiger partial charge < -0.3 is 0 Å². The summed E-state index contributed by atoms with van der Waals surface area (Å²) in [4.78, 5) is 17.0. The SMILES string of the molecule is O=C(c1ccccc1)N(CC(F)(F)F)OCCCCCCF. The van der Waals surface area contributed by atoms with Gasteiger partial charge in [-0.25, -0.2) is 5.06 Å². The molecule has 3 nitrogen and oxygen atoms in total. The number of carbonyl (C=O) groups is 1. The molecule has 0 aliphatic rings. The van der Waals surface area contributed by atoms with Crippen LogP contribution in [0.25, 0.3) is 0 Å². The summed E-state index contributed by atoms with van der Waals surface area (Å²) in [5.74, 6) is -0.832. The maximum Gasteiger partial charge on any atom is 0.408 e. The highest BCUT2D eigenvalue weighted by Crippen LogP contribution is 2.18. The fourth-order valence-electron chi connectivity index (χ4n) is 1.79. The summed E-state index contributed by atoms with van der Waals surface area (Å²) in [5.41, 5.74) is 0.129. The van der Waals surface area contributed by atoms with E-state index in [9.17, 15) is 22.4 Å². The Balaban J connectivity index is 2.55. The second kappa shape index (κ2) is 9.40. The number of halogens is 4. The van der Waals surface area contributed by atoms with Gasteiger partial charge in [0.1, 0.15) is 6.54 Å². The third kappa shape index (κ3) is 7.40. The highest BCUT2D eigenvalue weighted by atomic mass is 19.4. The van der Waals surface area contributed by atoms with Crippen LogP contribution < -0.4 is 0 Å². The van der Waals surface area contributed by atoms with Crippen molar-refractivity contribution in [3.63, 3.8) is 0 Å². The Labute approximate surface area is 126 Å². The average molecular weight is 321 g/mol. The first-order valence-electron chi connectivity index (χ1n) is 7.06. The molecule has 1 aromatic carbocycles. The van der Waals surface area contributed by atoms with Crippen LogP contribution in [-0.4, -0.2) is 37.0 Å². The molecule has 22 heavy (non-hydrogen) atoms. The summed E-state index contributed by atoms with van der Waals surface area (Å²) in [5, 5.41) is 0.338. The Hall–Kier alpha value is -1.63. The third-order valence-electron chi connectivity index (χ3n) is 2.85. The second-order valence-electron chi connectivity index (χ2n) is 4.76. The topological polar surface area (TPSA) is 29.5 Å². The van der Waals surface area contributed by atoms with Crippen LogP contribution in [0.2, 0.25) is 0 Å². The van der Waals surface area contributed by atoms with Crippen LogP contribution in [0.15, 0.2) is 30.3 Å². The van der Waals surface area contributed by atoms with Crippen molar-refractivity contribution in [2.24, 2.45) is 0 Å². The molecule has 124 valence electrons. The summed E-state index contributed by atoms with van der Waals surface area (Å²) < 4.78 is 49.5. The summed E-state index contributed by atoms with van der Waals surface area (Å²) in [7, 11) is 0. The fourth-order valence-corrected chi connectivity index (χ4v) is 1.79. The molecule has 0 N–H and O–H groups in total. The van der Waals surface area contributed by atoms with Crippen LogP contribution in [-0.2, 0) is 4.84 Å². The summed E-state index contributed by atoms with van der Waals surface area (Å²) in [6.45, 7) is -1.89. The van der Waals surface area contributed by atoms with Gasteiger partial charge in [0.2, 0.25) is 0 Å². The number of carbonyl (C=O) groups excluding carboxylic acids is 1. The molecule has 0 atom stereocenters. The van der Waals surface area contributed by atoms with Gasteiger partial charge in [0.25, 0.3) is 5.91 Å². The molecule has 7 heteroatoms. The van der Waals surface area contributed by atoms with Gasteiger partial charge in [-0.3, -0.25) is 14.0 Å². The number of unbranched alkanes of at least 4 members (excludes halogenated alkanes) is 3. The van der Waals surface area contributed by atoms with Gasteiger partial charge in [-0.15, -0.1) is 0 Å². The number of alkyl halides is 4. The Morgan fingerprint density at radius 3 is 2.27 bits per heavy atom. The number of rotatable bonds is 9. The summed E-state index contributed by atoms with van der Waals surface area (Å²) in [6.07, 6.45) is -2.36. The van der Waals surface area contributed by atoms with Gasteiger partial charge >= 0.3 is 6.18 Å². The van der Waals surface area contributed by atoms with Crippen LogP contribution in [0, 0.1) is 0 Å². The van der Waals surface area contributed by atoms with Crippen molar-refractivity contribution in [3.8, 4) is 0 Å². The van der Waals surface area contributed by atoms with Gasteiger partial charge in [0, 0.05) is 5.56 Å². The molecule has 1 rings (SSSR count). The van der Waals surface area contributed by atoms with E-state index in [0.29, 0.717) is 30.7 Å². The number of hydrogen-bond donors (Lipinski definition) is 0. The molecule has 0 bridgehead atoms. The molecule has 1 aromatic rings. The van der Waals surface area contributed by atoms with Crippen molar-refractivity contribution in [2.45, 2.75) is 31.9 Å². The Bertz CT molecular complexity index is 437. The van der Waals surface area contributed by atoms with Crippen molar-refractivity contribution < 1.29 is 27.2 Å². The lowest BCUT2D eigenvalue weighted by Gasteiger charge is -2.23. The van der Waals surface area contributed by atoms with E-state index >= 15 is 0 Å². The van der Waals surface area contributed by atoms with E-state index in [0.717, 1.165) is 0 Å². The summed E-state index contributed by atoms with van der Waals surface area (Å²) >= 11 is 0.